The van der Waals surface area contributed by atoms with Crippen LogP contribution in [0.15, 0.2) is 0 Å². The minimum absolute atomic E-state index is 0.157. The molecule has 1 saturated heterocycles. The van der Waals surface area contributed by atoms with Crippen LogP contribution >= 0.6 is 0 Å². The van der Waals surface area contributed by atoms with Crippen molar-refractivity contribution >= 4 is 5.91 Å². The maximum atomic E-state index is 12.8. The van der Waals surface area contributed by atoms with Crippen LogP contribution in [-0.2, 0) is 9.53 Å². The quantitative estimate of drug-likeness (QED) is 0.850. The van der Waals surface area contributed by atoms with Crippen molar-refractivity contribution < 1.29 is 9.53 Å². The zero-order valence-electron chi connectivity index (χ0n) is 14.4. The van der Waals surface area contributed by atoms with Crippen molar-refractivity contribution in [2.45, 2.75) is 96.3 Å². The van der Waals surface area contributed by atoms with Crippen LogP contribution in [0.3, 0.4) is 0 Å². The second-order valence-electron chi connectivity index (χ2n) is 8.05. The van der Waals surface area contributed by atoms with Gasteiger partial charge in [0, 0.05) is 12.0 Å². The summed E-state index contributed by atoms with van der Waals surface area (Å²) in [5.74, 6) is 1.94. The Hall–Kier alpha value is -0.570. The highest BCUT2D eigenvalue weighted by Crippen LogP contribution is 2.38. The van der Waals surface area contributed by atoms with Gasteiger partial charge in [0.2, 0.25) is 5.91 Å². The summed E-state index contributed by atoms with van der Waals surface area (Å²) in [4.78, 5) is 12.8. The molecule has 0 aromatic carbocycles. The first-order valence-electron chi connectivity index (χ1n) is 9.59. The second kappa shape index (κ2) is 7.33. The molecule has 1 unspecified atom stereocenters. The zero-order valence-corrected chi connectivity index (χ0v) is 14.4. The molecule has 0 radical (unpaired) electrons. The van der Waals surface area contributed by atoms with Crippen LogP contribution in [0.1, 0.15) is 78.1 Å². The fourth-order valence-corrected chi connectivity index (χ4v) is 5.16. The number of hydrogen-bond donors (Lipinski definition) is 1. The van der Waals surface area contributed by atoms with Crippen LogP contribution in [-0.4, -0.2) is 24.2 Å². The third kappa shape index (κ3) is 3.84. The van der Waals surface area contributed by atoms with Crippen LogP contribution in [0.5, 0.6) is 0 Å². The Kier molecular flexibility index (Phi) is 5.43. The lowest BCUT2D eigenvalue weighted by Crippen LogP contribution is -2.48. The van der Waals surface area contributed by atoms with Crippen LogP contribution in [0.4, 0.5) is 0 Å². The number of hydrogen-bond acceptors (Lipinski definition) is 2. The minimum atomic E-state index is 0.157. The van der Waals surface area contributed by atoms with Crippen molar-refractivity contribution in [2.75, 3.05) is 0 Å². The van der Waals surface area contributed by atoms with Gasteiger partial charge in [-0.25, -0.2) is 0 Å². The van der Waals surface area contributed by atoms with Crippen LogP contribution in [0.25, 0.3) is 0 Å². The lowest BCUT2D eigenvalue weighted by atomic mass is 9.84. The van der Waals surface area contributed by atoms with Gasteiger partial charge in [-0.15, -0.1) is 0 Å². The molecule has 3 rings (SSSR count). The summed E-state index contributed by atoms with van der Waals surface area (Å²) < 4.78 is 5.79. The van der Waals surface area contributed by atoms with Gasteiger partial charge in [-0.1, -0.05) is 25.7 Å². The largest absolute Gasteiger partial charge is 0.376 e. The van der Waals surface area contributed by atoms with Gasteiger partial charge < -0.3 is 10.1 Å². The van der Waals surface area contributed by atoms with Gasteiger partial charge in [-0.3, -0.25) is 4.79 Å². The molecule has 1 heterocycles. The van der Waals surface area contributed by atoms with E-state index in [1.807, 2.05) is 0 Å². The third-order valence-corrected chi connectivity index (χ3v) is 6.19. The first-order valence-corrected chi connectivity index (χ1v) is 9.59. The Bertz CT molecular complexity index is 346. The fraction of sp³-hybridized carbons (Fsp3) is 0.947. The van der Waals surface area contributed by atoms with E-state index in [1.165, 1.54) is 51.4 Å². The Balaban J connectivity index is 1.62. The molecule has 2 saturated carbocycles. The number of ether oxygens (including phenoxy) is 1. The summed E-state index contributed by atoms with van der Waals surface area (Å²) >= 11 is 0. The van der Waals surface area contributed by atoms with E-state index < -0.39 is 0 Å². The number of carbonyl (C=O) groups is 1. The lowest BCUT2D eigenvalue weighted by molar-refractivity contribution is -0.134. The van der Waals surface area contributed by atoms with Crippen molar-refractivity contribution in [3.05, 3.63) is 0 Å². The molecule has 1 aliphatic heterocycles. The van der Waals surface area contributed by atoms with E-state index in [0.29, 0.717) is 11.9 Å². The molecule has 0 aromatic rings. The van der Waals surface area contributed by atoms with E-state index in [4.69, 9.17) is 4.74 Å². The molecule has 0 aromatic heterocycles. The Morgan fingerprint density at radius 2 is 1.36 bits per heavy atom. The van der Waals surface area contributed by atoms with Crippen molar-refractivity contribution in [1.29, 1.82) is 0 Å². The topological polar surface area (TPSA) is 38.3 Å². The second-order valence-corrected chi connectivity index (χ2v) is 8.05. The molecule has 3 nitrogen and oxygen atoms in total. The molecule has 1 amide bonds. The minimum Gasteiger partial charge on any atom is -0.376 e. The molecule has 3 aliphatic rings. The van der Waals surface area contributed by atoms with Crippen molar-refractivity contribution in [3.63, 3.8) is 0 Å². The van der Waals surface area contributed by atoms with Crippen molar-refractivity contribution in [3.8, 4) is 0 Å². The molecule has 3 atom stereocenters. The first kappa shape index (κ1) is 16.3. The molecular weight excluding hydrogens is 274 g/mol. The predicted octanol–water partition coefficient (Wildman–Crippen LogP) is 4.06. The smallest absolute Gasteiger partial charge is 0.223 e. The fourth-order valence-electron chi connectivity index (χ4n) is 5.16. The van der Waals surface area contributed by atoms with E-state index >= 15 is 0 Å². The molecule has 0 bridgehead atoms. The zero-order chi connectivity index (χ0) is 15.5. The molecule has 2 aliphatic carbocycles. The number of amides is 1. The highest BCUT2D eigenvalue weighted by atomic mass is 16.5. The summed E-state index contributed by atoms with van der Waals surface area (Å²) in [6.45, 7) is 4.20. The molecule has 3 fully saturated rings. The Morgan fingerprint density at radius 3 is 1.82 bits per heavy atom. The number of carbonyl (C=O) groups excluding carboxylic acids is 1. The van der Waals surface area contributed by atoms with Gasteiger partial charge in [0.05, 0.1) is 12.2 Å². The number of nitrogens with one attached hydrogen (secondary N) is 1. The van der Waals surface area contributed by atoms with Gasteiger partial charge in [-0.05, 0) is 64.2 Å². The average Bonchev–Trinajstić information content (AvgIpc) is 3.17. The summed E-state index contributed by atoms with van der Waals surface area (Å²) in [5.41, 5.74) is 0. The molecule has 3 heteroatoms. The highest BCUT2D eigenvalue weighted by Gasteiger charge is 2.37. The Morgan fingerprint density at radius 1 is 0.909 bits per heavy atom. The van der Waals surface area contributed by atoms with Crippen molar-refractivity contribution in [1.82, 2.24) is 5.32 Å². The SMILES string of the molecule is C[C@@H]1CC(C(=O)NC(C2CCCC2)C2CCCC2)C[C@H](C)O1. The highest BCUT2D eigenvalue weighted by molar-refractivity contribution is 5.79. The van der Waals surface area contributed by atoms with E-state index in [-0.39, 0.29) is 18.1 Å². The van der Waals surface area contributed by atoms with E-state index in [0.717, 1.165) is 24.7 Å². The maximum absolute atomic E-state index is 12.8. The van der Waals surface area contributed by atoms with E-state index in [2.05, 4.69) is 19.2 Å². The molecule has 1 N–H and O–H groups in total. The maximum Gasteiger partial charge on any atom is 0.223 e. The van der Waals surface area contributed by atoms with Crippen LogP contribution in [0, 0.1) is 17.8 Å². The summed E-state index contributed by atoms with van der Waals surface area (Å²) in [7, 11) is 0. The van der Waals surface area contributed by atoms with Gasteiger partial charge in [0.15, 0.2) is 0 Å². The van der Waals surface area contributed by atoms with Crippen molar-refractivity contribution in [2.24, 2.45) is 17.8 Å². The predicted molar refractivity (Wildman–Crippen MR) is 88.6 cm³/mol. The Labute approximate surface area is 135 Å². The normalized spacial score (nSPS) is 34.4. The van der Waals surface area contributed by atoms with Crippen LogP contribution in [0.2, 0.25) is 0 Å². The molecule has 22 heavy (non-hydrogen) atoms. The summed E-state index contributed by atoms with van der Waals surface area (Å²) in [6, 6.07) is 0.450. The van der Waals surface area contributed by atoms with Crippen LogP contribution < -0.4 is 5.32 Å². The van der Waals surface area contributed by atoms with E-state index in [9.17, 15) is 4.79 Å². The summed E-state index contributed by atoms with van der Waals surface area (Å²) in [5, 5.41) is 3.52. The molecule has 0 spiro atoms. The van der Waals surface area contributed by atoms with Gasteiger partial charge in [0.1, 0.15) is 0 Å². The standard InChI is InChI=1S/C19H33NO2/c1-13-11-17(12-14(2)22-13)19(21)20-18(15-7-3-4-8-15)16-9-5-6-10-16/h13-18H,3-12H2,1-2H3,(H,20,21)/t13-,14+,17?. The third-order valence-electron chi connectivity index (χ3n) is 6.19. The summed E-state index contributed by atoms with van der Waals surface area (Å²) in [6.07, 6.45) is 12.9. The lowest BCUT2D eigenvalue weighted by Gasteiger charge is -2.35. The van der Waals surface area contributed by atoms with Gasteiger partial charge >= 0.3 is 0 Å². The van der Waals surface area contributed by atoms with Gasteiger partial charge in [0.25, 0.3) is 0 Å². The first-order chi connectivity index (χ1) is 10.6. The molecular formula is C19H33NO2. The number of rotatable bonds is 4. The van der Waals surface area contributed by atoms with E-state index in [1.54, 1.807) is 0 Å². The van der Waals surface area contributed by atoms with Gasteiger partial charge in [-0.2, -0.15) is 0 Å². The molecule has 126 valence electrons. The monoisotopic (exact) mass is 307 g/mol. The average molecular weight is 307 g/mol.